The molecule has 0 saturated heterocycles. The molecule has 0 aliphatic carbocycles. The van der Waals surface area contributed by atoms with Crippen molar-refractivity contribution in [3.8, 4) is 0 Å². The number of hydrogen-bond donors (Lipinski definition) is 0. The zero-order valence-corrected chi connectivity index (χ0v) is 16.2. The zero-order valence-electron chi connectivity index (χ0n) is 15.4. The Labute approximate surface area is 145 Å². The summed E-state index contributed by atoms with van der Waals surface area (Å²) in [6.07, 6.45) is 21.3. The molecule has 0 bridgehead atoms. The van der Waals surface area contributed by atoms with Crippen LogP contribution in [0, 0.1) is 0 Å². The van der Waals surface area contributed by atoms with E-state index in [1.54, 1.807) is 6.08 Å². The predicted molar refractivity (Wildman–Crippen MR) is 100.0 cm³/mol. The van der Waals surface area contributed by atoms with Crippen LogP contribution in [-0.2, 0) is 14.3 Å². The summed E-state index contributed by atoms with van der Waals surface area (Å²) in [5.41, 5.74) is 0. The van der Waals surface area contributed by atoms with Crippen LogP contribution in [0.3, 0.4) is 0 Å². The lowest BCUT2D eigenvalue weighted by molar-refractivity contribution is 0.406. The molecule has 0 aromatic rings. The van der Waals surface area contributed by atoms with Gasteiger partial charge in [-0.15, -0.1) is 0 Å². The maximum atomic E-state index is 11.0. The molecule has 0 saturated carbocycles. The Kier molecular flexibility index (Phi) is 16.3. The fourth-order valence-corrected chi connectivity index (χ4v) is 3.18. The highest BCUT2D eigenvalue weighted by Gasteiger charge is 1.99. The third-order valence-corrected chi connectivity index (χ3v) is 5.21. The molecule has 0 unspecified atom stereocenters. The van der Waals surface area contributed by atoms with Crippen molar-refractivity contribution in [2.75, 3.05) is 7.11 Å². The molecule has 0 aliphatic rings. The van der Waals surface area contributed by atoms with Gasteiger partial charge in [0.25, 0.3) is 10.1 Å². The van der Waals surface area contributed by atoms with Crippen LogP contribution in [-0.4, -0.2) is 15.5 Å². The molecule has 0 spiro atoms. The highest BCUT2D eigenvalue weighted by molar-refractivity contribution is 7.89. The average Bonchev–Trinajstić information content (AvgIpc) is 2.54. The van der Waals surface area contributed by atoms with Crippen LogP contribution >= 0.6 is 0 Å². The van der Waals surface area contributed by atoms with Crippen LogP contribution in [0.25, 0.3) is 0 Å². The molecule has 0 amide bonds. The zero-order chi connectivity index (χ0) is 17.2. The first-order valence-corrected chi connectivity index (χ1v) is 11.1. The van der Waals surface area contributed by atoms with Gasteiger partial charge in [-0.3, -0.25) is 4.18 Å². The minimum Gasteiger partial charge on any atom is -0.270 e. The summed E-state index contributed by atoms with van der Waals surface area (Å²) in [5.74, 6) is 0. The third kappa shape index (κ3) is 17.8. The van der Waals surface area contributed by atoms with Gasteiger partial charge in [0.05, 0.1) is 12.5 Å². The van der Waals surface area contributed by atoms with Crippen LogP contribution in [0.5, 0.6) is 0 Å². The maximum absolute atomic E-state index is 11.0. The Morgan fingerprint density at radius 3 is 1.48 bits per heavy atom. The molecule has 0 aliphatic heterocycles. The number of unbranched alkanes of at least 4 members (excludes halogenated alkanes) is 14. The van der Waals surface area contributed by atoms with Crippen LogP contribution in [0.1, 0.15) is 103 Å². The topological polar surface area (TPSA) is 43.4 Å². The van der Waals surface area contributed by atoms with Crippen LogP contribution in [0.4, 0.5) is 0 Å². The van der Waals surface area contributed by atoms with Crippen molar-refractivity contribution in [1.29, 1.82) is 0 Å². The number of allylic oxidation sites excluding steroid dienone is 1. The van der Waals surface area contributed by atoms with Gasteiger partial charge in [-0.05, 0) is 12.8 Å². The van der Waals surface area contributed by atoms with E-state index in [1.165, 1.54) is 90.6 Å². The second-order valence-electron chi connectivity index (χ2n) is 6.42. The van der Waals surface area contributed by atoms with Crippen LogP contribution < -0.4 is 0 Å². The SMILES string of the molecule is CCCCCCCCCCCCCCCCC=CS(=O)(=O)OC. The molecule has 23 heavy (non-hydrogen) atoms. The van der Waals surface area contributed by atoms with E-state index in [0.717, 1.165) is 18.2 Å². The maximum Gasteiger partial charge on any atom is 0.289 e. The van der Waals surface area contributed by atoms with Gasteiger partial charge in [-0.1, -0.05) is 96.5 Å². The summed E-state index contributed by atoms with van der Waals surface area (Å²) in [5, 5.41) is 1.16. The Hall–Kier alpha value is -0.350. The van der Waals surface area contributed by atoms with E-state index < -0.39 is 10.1 Å². The molecular weight excluding hydrogens is 308 g/mol. The monoisotopic (exact) mass is 346 g/mol. The first kappa shape index (κ1) is 22.6. The molecule has 0 rings (SSSR count). The summed E-state index contributed by atoms with van der Waals surface area (Å²) in [6, 6.07) is 0. The lowest BCUT2D eigenvalue weighted by atomic mass is 10.0. The molecule has 0 radical (unpaired) electrons. The fraction of sp³-hybridized carbons (Fsp3) is 0.895. The molecule has 4 heteroatoms. The van der Waals surface area contributed by atoms with Gasteiger partial charge in [0.2, 0.25) is 0 Å². The summed E-state index contributed by atoms with van der Waals surface area (Å²) >= 11 is 0. The lowest BCUT2D eigenvalue weighted by Crippen LogP contribution is -1.95. The lowest BCUT2D eigenvalue weighted by Gasteiger charge is -2.02. The van der Waals surface area contributed by atoms with Crippen molar-refractivity contribution in [2.24, 2.45) is 0 Å². The molecule has 0 heterocycles. The molecule has 0 N–H and O–H groups in total. The van der Waals surface area contributed by atoms with Crippen molar-refractivity contribution >= 4 is 10.1 Å². The normalized spacial score (nSPS) is 12.3. The van der Waals surface area contributed by atoms with Crippen molar-refractivity contribution in [3.63, 3.8) is 0 Å². The van der Waals surface area contributed by atoms with Crippen molar-refractivity contribution in [2.45, 2.75) is 103 Å². The smallest absolute Gasteiger partial charge is 0.270 e. The second kappa shape index (κ2) is 16.5. The molecule has 0 fully saturated rings. The highest BCUT2D eigenvalue weighted by atomic mass is 32.2. The third-order valence-electron chi connectivity index (χ3n) is 4.22. The Bertz CT molecular complexity index is 361. The van der Waals surface area contributed by atoms with E-state index in [2.05, 4.69) is 11.1 Å². The fourth-order valence-electron chi connectivity index (χ4n) is 2.70. The first-order valence-electron chi connectivity index (χ1n) is 9.59. The van der Waals surface area contributed by atoms with Gasteiger partial charge in [-0.2, -0.15) is 8.42 Å². The molecule has 0 aromatic heterocycles. The molecule has 3 nitrogen and oxygen atoms in total. The van der Waals surface area contributed by atoms with Crippen molar-refractivity contribution in [1.82, 2.24) is 0 Å². The van der Waals surface area contributed by atoms with Gasteiger partial charge >= 0.3 is 0 Å². The summed E-state index contributed by atoms with van der Waals surface area (Å²) in [7, 11) is -2.23. The largest absolute Gasteiger partial charge is 0.289 e. The standard InChI is InChI=1S/C19H38O3S/c1-3-4-5-6-7-8-9-10-11-12-13-14-15-16-17-18-19-23(20,21)22-2/h18-19H,3-17H2,1-2H3. The van der Waals surface area contributed by atoms with E-state index in [1.807, 2.05) is 0 Å². The Morgan fingerprint density at radius 1 is 0.696 bits per heavy atom. The predicted octanol–water partition coefficient (Wildman–Crippen LogP) is 6.35. The van der Waals surface area contributed by atoms with E-state index >= 15 is 0 Å². The van der Waals surface area contributed by atoms with E-state index in [9.17, 15) is 8.42 Å². The number of hydrogen-bond acceptors (Lipinski definition) is 3. The van der Waals surface area contributed by atoms with Gasteiger partial charge < -0.3 is 0 Å². The highest BCUT2D eigenvalue weighted by Crippen LogP contribution is 2.13. The Balaban J connectivity index is 3.17. The minimum absolute atomic E-state index is 0.820. The van der Waals surface area contributed by atoms with Crippen molar-refractivity contribution < 1.29 is 12.6 Å². The molecule has 0 aromatic carbocycles. The summed E-state index contributed by atoms with van der Waals surface area (Å²) in [4.78, 5) is 0. The Morgan fingerprint density at radius 2 is 1.09 bits per heavy atom. The van der Waals surface area contributed by atoms with Gasteiger partial charge in [0.1, 0.15) is 0 Å². The average molecular weight is 347 g/mol. The number of rotatable bonds is 17. The van der Waals surface area contributed by atoms with E-state index in [4.69, 9.17) is 0 Å². The minimum atomic E-state index is -3.42. The van der Waals surface area contributed by atoms with E-state index in [0.29, 0.717) is 0 Å². The van der Waals surface area contributed by atoms with Crippen LogP contribution in [0.2, 0.25) is 0 Å². The molecule has 0 atom stereocenters. The second-order valence-corrected chi connectivity index (χ2v) is 8.01. The quantitative estimate of drug-likeness (QED) is 0.228. The van der Waals surface area contributed by atoms with Gasteiger partial charge in [-0.25, -0.2) is 0 Å². The summed E-state index contributed by atoms with van der Waals surface area (Å²) < 4.78 is 26.4. The first-order chi connectivity index (χ1) is 11.1. The van der Waals surface area contributed by atoms with Gasteiger partial charge in [0.15, 0.2) is 0 Å². The van der Waals surface area contributed by atoms with Crippen LogP contribution in [0.15, 0.2) is 11.5 Å². The summed E-state index contributed by atoms with van der Waals surface area (Å²) in [6.45, 7) is 2.27. The van der Waals surface area contributed by atoms with Crippen molar-refractivity contribution in [3.05, 3.63) is 11.5 Å². The van der Waals surface area contributed by atoms with Gasteiger partial charge in [0, 0.05) is 0 Å². The molecular formula is C19H38O3S. The molecule has 138 valence electrons. The van der Waals surface area contributed by atoms with E-state index in [-0.39, 0.29) is 0 Å².